The average molecular weight is 319 g/mol. The summed E-state index contributed by atoms with van der Waals surface area (Å²) in [7, 11) is -6.84. The second kappa shape index (κ2) is 5.76. The summed E-state index contributed by atoms with van der Waals surface area (Å²) in [5, 5.41) is 0. The number of hydrogen-bond donors (Lipinski definition) is 0. The van der Waals surface area contributed by atoms with Crippen LogP contribution < -0.4 is 0 Å². The van der Waals surface area contributed by atoms with Crippen LogP contribution in [0.2, 0.25) is 0 Å². The van der Waals surface area contributed by atoms with Crippen LogP contribution >= 0.6 is 0 Å². The molecule has 1 aromatic rings. The van der Waals surface area contributed by atoms with Gasteiger partial charge in [0.05, 0.1) is 5.75 Å². The Kier molecular flexibility index (Phi) is 4.43. The summed E-state index contributed by atoms with van der Waals surface area (Å²) in [4.78, 5) is 3.93. The van der Waals surface area contributed by atoms with Crippen molar-refractivity contribution in [2.45, 2.75) is 11.8 Å². The molecule has 9 heteroatoms. The third kappa shape index (κ3) is 3.00. The van der Waals surface area contributed by atoms with E-state index in [1.807, 2.05) is 0 Å². The third-order valence-electron chi connectivity index (χ3n) is 3.23. The van der Waals surface area contributed by atoms with E-state index in [1.165, 1.54) is 27.1 Å². The third-order valence-corrected chi connectivity index (χ3v) is 6.99. The maximum atomic E-state index is 12.3. The van der Waals surface area contributed by atoms with Gasteiger partial charge < -0.3 is 0 Å². The molecule has 0 aliphatic carbocycles. The molecular formula is C11H17N3O4S2. The first-order valence-corrected chi connectivity index (χ1v) is 9.31. The Balaban J connectivity index is 2.12. The maximum absolute atomic E-state index is 12.3. The minimum absolute atomic E-state index is 0.0301. The van der Waals surface area contributed by atoms with E-state index in [0.717, 1.165) is 0 Å². The lowest BCUT2D eigenvalue weighted by Crippen LogP contribution is -2.50. The van der Waals surface area contributed by atoms with E-state index in [9.17, 15) is 16.8 Å². The highest BCUT2D eigenvalue weighted by Crippen LogP contribution is 2.17. The zero-order valence-corrected chi connectivity index (χ0v) is 12.8. The topological polar surface area (TPSA) is 87.7 Å². The fourth-order valence-electron chi connectivity index (χ4n) is 2.02. The second-order valence-electron chi connectivity index (χ2n) is 4.39. The van der Waals surface area contributed by atoms with Crippen LogP contribution in [0.5, 0.6) is 0 Å². The Labute approximate surface area is 119 Å². The number of hydrogen-bond acceptors (Lipinski definition) is 5. The van der Waals surface area contributed by atoms with Gasteiger partial charge >= 0.3 is 0 Å². The van der Waals surface area contributed by atoms with E-state index in [-0.39, 0.29) is 36.8 Å². The summed E-state index contributed by atoms with van der Waals surface area (Å²) in [6.45, 7) is 2.28. The molecule has 2 rings (SSSR count). The smallest absolute Gasteiger partial charge is 0.244 e. The first-order chi connectivity index (χ1) is 9.38. The molecule has 1 aliphatic rings. The molecule has 20 heavy (non-hydrogen) atoms. The minimum atomic E-state index is -3.59. The fourth-order valence-corrected chi connectivity index (χ4v) is 4.49. The molecule has 0 atom stereocenters. The highest BCUT2D eigenvalue weighted by Gasteiger charge is 2.32. The van der Waals surface area contributed by atoms with Gasteiger partial charge in [0.25, 0.3) is 0 Å². The van der Waals surface area contributed by atoms with Crippen LogP contribution in [0.15, 0.2) is 29.4 Å². The van der Waals surface area contributed by atoms with Crippen molar-refractivity contribution < 1.29 is 16.8 Å². The quantitative estimate of drug-likeness (QED) is 0.763. The lowest BCUT2D eigenvalue weighted by molar-refractivity contribution is 0.273. The van der Waals surface area contributed by atoms with Gasteiger partial charge in [-0.15, -0.1) is 0 Å². The molecular weight excluding hydrogens is 302 g/mol. The van der Waals surface area contributed by atoms with Crippen molar-refractivity contribution in [3.63, 3.8) is 0 Å². The first-order valence-electron chi connectivity index (χ1n) is 6.26. The van der Waals surface area contributed by atoms with E-state index in [4.69, 9.17) is 0 Å². The van der Waals surface area contributed by atoms with Crippen molar-refractivity contribution >= 4 is 20.0 Å². The number of pyridine rings is 1. The van der Waals surface area contributed by atoms with E-state index in [0.29, 0.717) is 0 Å². The summed E-state index contributed by atoms with van der Waals surface area (Å²) < 4.78 is 50.8. The number of sulfonamides is 2. The van der Waals surface area contributed by atoms with Gasteiger partial charge in [-0.1, -0.05) is 0 Å². The average Bonchev–Trinajstić information content (AvgIpc) is 2.48. The lowest BCUT2D eigenvalue weighted by Gasteiger charge is -2.32. The molecule has 0 radical (unpaired) electrons. The predicted octanol–water partition coefficient (Wildman–Crippen LogP) is -0.262. The Morgan fingerprint density at radius 3 is 2.20 bits per heavy atom. The lowest BCUT2D eigenvalue weighted by atomic mass is 10.4. The van der Waals surface area contributed by atoms with Crippen LogP contribution in [0.3, 0.4) is 0 Å². The van der Waals surface area contributed by atoms with Gasteiger partial charge in [0.2, 0.25) is 20.0 Å². The SMILES string of the molecule is CCS(=O)(=O)N1CCN(S(=O)(=O)c2cccnc2)CC1. The van der Waals surface area contributed by atoms with Gasteiger partial charge in [0, 0.05) is 38.6 Å². The predicted molar refractivity (Wildman–Crippen MR) is 74.0 cm³/mol. The van der Waals surface area contributed by atoms with Gasteiger partial charge in [0.1, 0.15) is 4.90 Å². The van der Waals surface area contributed by atoms with E-state index in [2.05, 4.69) is 4.98 Å². The largest absolute Gasteiger partial charge is 0.263 e. The molecule has 0 spiro atoms. The molecule has 1 fully saturated rings. The van der Waals surface area contributed by atoms with E-state index in [1.54, 1.807) is 13.0 Å². The van der Waals surface area contributed by atoms with Crippen LogP contribution in [-0.4, -0.2) is 62.4 Å². The summed E-state index contributed by atoms with van der Waals surface area (Å²) in [5.74, 6) is 0.0301. The van der Waals surface area contributed by atoms with Crippen molar-refractivity contribution in [3.8, 4) is 0 Å². The standard InChI is InChI=1S/C11H17N3O4S2/c1-2-19(15,16)13-6-8-14(9-7-13)20(17,18)11-4-3-5-12-10-11/h3-5,10H,2,6-9H2,1H3. The molecule has 2 heterocycles. The van der Waals surface area contributed by atoms with Crippen LogP contribution in [-0.2, 0) is 20.0 Å². The number of nitrogens with zero attached hydrogens (tertiary/aromatic N) is 3. The molecule has 1 aromatic heterocycles. The monoisotopic (exact) mass is 319 g/mol. The summed E-state index contributed by atoms with van der Waals surface area (Å²) in [6.07, 6.45) is 2.80. The zero-order valence-electron chi connectivity index (χ0n) is 11.1. The number of rotatable bonds is 4. The molecule has 0 bridgehead atoms. The van der Waals surface area contributed by atoms with Crippen LogP contribution in [0.25, 0.3) is 0 Å². The highest BCUT2D eigenvalue weighted by atomic mass is 32.2. The van der Waals surface area contributed by atoms with Crippen LogP contribution in [0.1, 0.15) is 6.92 Å². The zero-order chi connectivity index (χ0) is 14.8. The Morgan fingerprint density at radius 2 is 1.70 bits per heavy atom. The molecule has 0 N–H and O–H groups in total. The van der Waals surface area contributed by atoms with Gasteiger partial charge in [-0.2, -0.15) is 8.61 Å². The minimum Gasteiger partial charge on any atom is -0.263 e. The Hall–Kier alpha value is -1.03. The van der Waals surface area contributed by atoms with Gasteiger partial charge in [-0.05, 0) is 19.1 Å². The highest BCUT2D eigenvalue weighted by molar-refractivity contribution is 7.89. The van der Waals surface area contributed by atoms with E-state index < -0.39 is 20.0 Å². The molecule has 0 unspecified atom stereocenters. The van der Waals surface area contributed by atoms with Crippen molar-refractivity contribution in [2.24, 2.45) is 0 Å². The van der Waals surface area contributed by atoms with Gasteiger partial charge in [0.15, 0.2) is 0 Å². The van der Waals surface area contributed by atoms with Crippen LogP contribution in [0, 0.1) is 0 Å². The maximum Gasteiger partial charge on any atom is 0.244 e. The molecule has 0 saturated carbocycles. The summed E-state index contributed by atoms with van der Waals surface area (Å²) in [5.41, 5.74) is 0. The fraction of sp³-hybridized carbons (Fsp3) is 0.545. The molecule has 7 nitrogen and oxygen atoms in total. The molecule has 0 aromatic carbocycles. The first kappa shape index (κ1) is 15.4. The second-order valence-corrected chi connectivity index (χ2v) is 8.59. The van der Waals surface area contributed by atoms with Crippen molar-refractivity contribution in [2.75, 3.05) is 31.9 Å². The van der Waals surface area contributed by atoms with Crippen molar-refractivity contribution in [1.29, 1.82) is 0 Å². The molecule has 112 valence electrons. The Morgan fingerprint density at radius 1 is 1.10 bits per heavy atom. The van der Waals surface area contributed by atoms with Crippen LogP contribution in [0.4, 0.5) is 0 Å². The van der Waals surface area contributed by atoms with Gasteiger partial charge in [-0.3, -0.25) is 4.98 Å². The normalized spacial score (nSPS) is 19.1. The molecule has 0 amide bonds. The molecule has 1 aliphatic heterocycles. The summed E-state index contributed by atoms with van der Waals surface area (Å²) >= 11 is 0. The number of aromatic nitrogens is 1. The molecule has 1 saturated heterocycles. The van der Waals surface area contributed by atoms with Crippen molar-refractivity contribution in [1.82, 2.24) is 13.6 Å². The Bertz CT molecular complexity index is 650. The summed E-state index contributed by atoms with van der Waals surface area (Å²) in [6, 6.07) is 3.04. The van der Waals surface area contributed by atoms with Crippen molar-refractivity contribution in [3.05, 3.63) is 24.5 Å². The van der Waals surface area contributed by atoms with E-state index >= 15 is 0 Å². The number of piperazine rings is 1. The van der Waals surface area contributed by atoms with Gasteiger partial charge in [-0.25, -0.2) is 16.8 Å².